The molecule has 0 aromatic carbocycles. The SMILES string of the molecule is [2H]COc1ncc(-c2cc(C(F)(F)F)c3c(N)ncnn23)cc1C(=O)N[C@@H]1CN(C(=O)[C@@](C)(O)C(F)(F)F)C[C@@H]1F. The number of carbonyl (C=O) groups is 2. The number of ether oxygens (including phenoxy) is 1. The molecule has 3 atom stereocenters. The number of aromatic nitrogens is 4. The van der Waals surface area contributed by atoms with Crippen molar-refractivity contribution < 1.29 is 51.5 Å². The fraction of sp³-hybridized carbons (Fsp3) is 0.409. The fourth-order valence-electron chi connectivity index (χ4n) is 4.10. The lowest BCUT2D eigenvalue weighted by molar-refractivity contribution is -0.249. The van der Waals surface area contributed by atoms with Gasteiger partial charge < -0.3 is 25.8 Å². The van der Waals surface area contributed by atoms with Gasteiger partial charge in [0, 0.05) is 18.3 Å². The summed E-state index contributed by atoms with van der Waals surface area (Å²) < 4.78 is 108. The van der Waals surface area contributed by atoms with Crippen molar-refractivity contribution in [3.63, 3.8) is 0 Å². The van der Waals surface area contributed by atoms with Crippen LogP contribution in [-0.2, 0) is 11.0 Å². The molecule has 2 amide bonds. The highest BCUT2D eigenvalue weighted by molar-refractivity contribution is 5.98. The molecule has 4 N–H and O–H groups in total. The maximum atomic E-state index is 14.7. The van der Waals surface area contributed by atoms with Gasteiger partial charge in [0.05, 0.1) is 32.3 Å². The summed E-state index contributed by atoms with van der Waals surface area (Å²) >= 11 is 0. The van der Waals surface area contributed by atoms with Crippen LogP contribution in [0.5, 0.6) is 5.88 Å². The highest BCUT2D eigenvalue weighted by Gasteiger charge is 2.58. The molecule has 3 aromatic heterocycles. The van der Waals surface area contributed by atoms with E-state index >= 15 is 0 Å². The number of nitrogens with two attached hydrogens (primary N) is 1. The summed E-state index contributed by atoms with van der Waals surface area (Å²) in [5, 5.41) is 15.6. The number of nitrogen functional groups attached to an aromatic ring is 1. The first kappa shape index (κ1) is 27.4. The van der Waals surface area contributed by atoms with Crippen LogP contribution in [0.25, 0.3) is 16.8 Å². The number of alkyl halides is 7. The Kier molecular flexibility index (Phi) is 6.67. The number of pyridine rings is 1. The van der Waals surface area contributed by atoms with Crippen LogP contribution in [0.4, 0.5) is 36.6 Å². The maximum Gasteiger partial charge on any atom is 0.426 e. The number of halogens is 7. The number of fused-ring (bicyclic) bond motifs is 1. The number of aliphatic hydroxyl groups is 1. The molecule has 1 saturated heterocycles. The second-order valence-corrected chi connectivity index (χ2v) is 8.94. The van der Waals surface area contributed by atoms with E-state index in [1.807, 2.05) is 0 Å². The minimum Gasteiger partial charge on any atom is -0.480 e. The van der Waals surface area contributed by atoms with Crippen molar-refractivity contribution in [2.45, 2.75) is 37.1 Å². The predicted molar refractivity (Wildman–Crippen MR) is 122 cm³/mol. The van der Waals surface area contributed by atoms with E-state index in [0.29, 0.717) is 11.0 Å². The molecule has 0 aliphatic carbocycles. The average molecular weight is 580 g/mol. The lowest BCUT2D eigenvalue weighted by Crippen LogP contribution is -2.56. The van der Waals surface area contributed by atoms with Crippen LogP contribution in [0.2, 0.25) is 0 Å². The summed E-state index contributed by atoms with van der Waals surface area (Å²) in [7, 11) is -0.743. The first-order valence-corrected chi connectivity index (χ1v) is 11.1. The van der Waals surface area contributed by atoms with E-state index in [0.717, 1.165) is 23.1 Å². The fourth-order valence-corrected chi connectivity index (χ4v) is 4.10. The smallest absolute Gasteiger partial charge is 0.426 e. The number of amides is 2. The Hall–Kier alpha value is -4.22. The van der Waals surface area contributed by atoms with Crippen molar-refractivity contribution >= 4 is 23.1 Å². The van der Waals surface area contributed by atoms with Crippen LogP contribution in [0.15, 0.2) is 24.7 Å². The molecule has 1 aliphatic rings. The number of hydrogen-bond donors (Lipinski definition) is 3. The number of rotatable bonds is 5. The quantitative estimate of drug-likeness (QED) is 0.389. The van der Waals surface area contributed by atoms with Crippen LogP contribution in [-0.4, -0.2) is 85.6 Å². The zero-order valence-corrected chi connectivity index (χ0v) is 20.2. The molecule has 1 aliphatic heterocycles. The van der Waals surface area contributed by atoms with Gasteiger partial charge in [-0.05, 0) is 19.1 Å². The maximum absolute atomic E-state index is 14.7. The van der Waals surface area contributed by atoms with E-state index in [9.17, 15) is 45.4 Å². The zero-order valence-electron chi connectivity index (χ0n) is 21.2. The Morgan fingerprint density at radius 1 is 1.20 bits per heavy atom. The second kappa shape index (κ2) is 9.76. The number of carbonyl (C=O) groups excluding carboxylic acids is 2. The Morgan fingerprint density at radius 2 is 1.90 bits per heavy atom. The molecule has 0 radical (unpaired) electrons. The van der Waals surface area contributed by atoms with Crippen molar-refractivity contribution in [2.75, 3.05) is 25.9 Å². The molecule has 216 valence electrons. The van der Waals surface area contributed by atoms with Crippen LogP contribution < -0.4 is 15.8 Å². The Bertz CT molecular complexity index is 1500. The molecule has 1 fully saturated rings. The minimum atomic E-state index is -5.35. The lowest BCUT2D eigenvalue weighted by atomic mass is 10.1. The Balaban J connectivity index is 1.67. The lowest BCUT2D eigenvalue weighted by Gasteiger charge is -2.29. The number of anilines is 1. The number of methoxy groups -OCH3 is 1. The molecule has 11 nitrogen and oxygen atoms in total. The van der Waals surface area contributed by atoms with Crippen molar-refractivity contribution in [3.05, 3.63) is 35.8 Å². The zero-order chi connectivity index (χ0) is 30.5. The third kappa shape index (κ3) is 4.93. The number of nitrogens with one attached hydrogen (secondary N) is 1. The van der Waals surface area contributed by atoms with Gasteiger partial charge in [-0.3, -0.25) is 9.59 Å². The Labute approximate surface area is 221 Å². The monoisotopic (exact) mass is 580 g/mol. The molecule has 0 bridgehead atoms. The molecule has 0 unspecified atom stereocenters. The molecule has 0 spiro atoms. The summed E-state index contributed by atoms with van der Waals surface area (Å²) in [4.78, 5) is 33.2. The van der Waals surface area contributed by atoms with Gasteiger partial charge in [0.15, 0.2) is 5.82 Å². The first-order chi connectivity index (χ1) is 19.0. The van der Waals surface area contributed by atoms with E-state index in [1.54, 1.807) is 0 Å². The standard InChI is InChI=1S/C22H20F7N7O4/c1-20(39,22(27,28)29)19(38)35-6-12(23)13(7-35)34-17(37)10-3-9(5-31-18(10)40-2)14-4-11(21(24,25)26)15-16(30)32-8-33-36(14)15/h3-5,8,12-13,39H,6-7H2,1-2H3,(H,34,37)(H2,30,32,33)/t12-,13+,20+/m0/s1/i2D. The summed E-state index contributed by atoms with van der Waals surface area (Å²) in [6, 6.07) is 0.170. The van der Waals surface area contributed by atoms with Gasteiger partial charge in [-0.2, -0.15) is 31.4 Å². The van der Waals surface area contributed by atoms with E-state index in [2.05, 4.69) is 20.4 Å². The van der Waals surface area contributed by atoms with Gasteiger partial charge in [-0.15, -0.1) is 0 Å². The van der Waals surface area contributed by atoms with E-state index in [-0.39, 0.29) is 18.2 Å². The van der Waals surface area contributed by atoms with E-state index in [4.69, 9.17) is 11.8 Å². The van der Waals surface area contributed by atoms with Gasteiger partial charge in [-0.25, -0.2) is 18.9 Å². The molecule has 40 heavy (non-hydrogen) atoms. The first-order valence-electron chi connectivity index (χ1n) is 11.8. The minimum absolute atomic E-state index is 0.114. The van der Waals surface area contributed by atoms with Crippen molar-refractivity contribution in [1.82, 2.24) is 29.8 Å². The largest absolute Gasteiger partial charge is 0.480 e. The highest BCUT2D eigenvalue weighted by atomic mass is 19.4. The molecular weight excluding hydrogens is 559 g/mol. The summed E-state index contributed by atoms with van der Waals surface area (Å²) in [6.07, 6.45) is -10.4. The Morgan fingerprint density at radius 3 is 2.52 bits per heavy atom. The number of likely N-dealkylation sites (tertiary alicyclic amines) is 1. The summed E-state index contributed by atoms with van der Waals surface area (Å²) in [5.41, 5.74) is -0.734. The highest BCUT2D eigenvalue weighted by Crippen LogP contribution is 2.39. The van der Waals surface area contributed by atoms with E-state index in [1.165, 1.54) is 0 Å². The molecule has 18 heteroatoms. The van der Waals surface area contributed by atoms with Crippen LogP contribution >= 0.6 is 0 Å². The molecule has 3 aromatic rings. The molecule has 4 rings (SSSR count). The second-order valence-electron chi connectivity index (χ2n) is 8.94. The average Bonchev–Trinajstić information content (AvgIpc) is 3.45. The van der Waals surface area contributed by atoms with Crippen LogP contribution in [0, 0.1) is 0 Å². The van der Waals surface area contributed by atoms with Crippen molar-refractivity contribution in [3.8, 4) is 17.1 Å². The van der Waals surface area contributed by atoms with Gasteiger partial charge in [0.25, 0.3) is 11.8 Å². The number of hydrogen-bond acceptors (Lipinski definition) is 8. The third-order valence-corrected chi connectivity index (χ3v) is 6.24. The normalized spacial score (nSPS) is 19.8. The molecule has 4 heterocycles. The van der Waals surface area contributed by atoms with Crippen molar-refractivity contribution in [2.24, 2.45) is 0 Å². The summed E-state index contributed by atoms with van der Waals surface area (Å²) in [5.74, 6) is -3.90. The third-order valence-electron chi connectivity index (χ3n) is 6.24. The topological polar surface area (TPSA) is 148 Å². The summed E-state index contributed by atoms with van der Waals surface area (Å²) in [6.45, 7) is -1.40. The van der Waals surface area contributed by atoms with Crippen molar-refractivity contribution in [1.29, 1.82) is 0 Å². The molecule has 0 saturated carbocycles. The van der Waals surface area contributed by atoms with Gasteiger partial charge in [0.1, 0.15) is 23.6 Å². The van der Waals surface area contributed by atoms with Gasteiger partial charge in [0.2, 0.25) is 11.5 Å². The van der Waals surface area contributed by atoms with Crippen LogP contribution in [0.1, 0.15) is 24.2 Å². The number of nitrogens with zero attached hydrogens (tertiary/aromatic N) is 5. The van der Waals surface area contributed by atoms with E-state index < -0.39 is 90.5 Å². The van der Waals surface area contributed by atoms with Gasteiger partial charge in [-0.1, -0.05) is 0 Å². The molecular formula is C22H20F7N7O4. The van der Waals surface area contributed by atoms with Gasteiger partial charge >= 0.3 is 12.4 Å². The predicted octanol–water partition coefficient (Wildman–Crippen LogP) is 1.99. The van der Waals surface area contributed by atoms with Crippen LogP contribution in [0.3, 0.4) is 0 Å².